The lowest BCUT2D eigenvalue weighted by Crippen LogP contribution is -2.60. The van der Waals surface area contributed by atoms with Gasteiger partial charge in [0.1, 0.15) is 23.7 Å². The van der Waals surface area contributed by atoms with Crippen molar-refractivity contribution in [3.05, 3.63) is 60.2 Å². The van der Waals surface area contributed by atoms with Gasteiger partial charge in [0, 0.05) is 31.6 Å². The summed E-state index contributed by atoms with van der Waals surface area (Å²) >= 11 is 0. The summed E-state index contributed by atoms with van der Waals surface area (Å²) < 4.78 is 33.3. The third-order valence-corrected chi connectivity index (χ3v) is 13.2. The zero-order valence-corrected chi connectivity index (χ0v) is 30.5. The van der Waals surface area contributed by atoms with E-state index in [9.17, 15) is 27.6 Å². The molecule has 13 heteroatoms. The van der Waals surface area contributed by atoms with Gasteiger partial charge in [-0.2, -0.15) is 0 Å². The molecule has 1 saturated heterocycles. The van der Waals surface area contributed by atoms with E-state index >= 15 is 0 Å². The summed E-state index contributed by atoms with van der Waals surface area (Å²) in [7, 11) is -3.86. The number of hydrogen-bond donors (Lipinski definition) is 3. The molecule has 3 saturated carbocycles. The van der Waals surface area contributed by atoms with Gasteiger partial charge in [-0.05, 0) is 78.7 Å². The molecular weight excluding hydrogens is 671 g/mol. The predicted octanol–water partition coefficient (Wildman–Crippen LogP) is 3.88. The lowest BCUT2D eigenvalue weighted by Gasteiger charge is -2.36. The van der Waals surface area contributed by atoms with E-state index in [1.165, 1.54) is 26.8 Å². The summed E-state index contributed by atoms with van der Waals surface area (Å²) in [6, 6.07) is 10.3. The van der Waals surface area contributed by atoms with E-state index in [0.29, 0.717) is 25.9 Å². The smallest absolute Gasteiger partial charge is 0.408 e. The molecule has 5 atom stereocenters. The molecule has 2 heterocycles. The van der Waals surface area contributed by atoms with Crippen molar-refractivity contribution in [2.45, 2.75) is 120 Å². The van der Waals surface area contributed by atoms with Gasteiger partial charge >= 0.3 is 6.09 Å². The monoisotopic (exact) mass is 719 g/mol. The maximum Gasteiger partial charge on any atom is 0.408 e. The van der Waals surface area contributed by atoms with E-state index in [4.69, 9.17) is 4.74 Å². The number of ether oxygens (including phenoxy) is 1. The summed E-state index contributed by atoms with van der Waals surface area (Å²) in [6.45, 7) is 10.9. The first-order valence-corrected chi connectivity index (χ1v) is 19.8. The highest BCUT2D eigenvalue weighted by atomic mass is 32.2. The van der Waals surface area contributed by atoms with E-state index in [1.807, 2.05) is 32.9 Å². The SMILES string of the molecule is C=C[C@@H]1C[C@]1(NC(=O)[C@@H]1C[C@@H](N2Cc3cccc4cccc(c34)C2)CN1C(=O)[C@@H](NC(=O)OC1CCCC1)C(C)(C)C)C(=O)NS(=O)(=O)C1CC1. The van der Waals surface area contributed by atoms with Crippen molar-refractivity contribution in [3.8, 4) is 0 Å². The van der Waals surface area contributed by atoms with Crippen LogP contribution in [0.25, 0.3) is 10.8 Å². The molecule has 12 nitrogen and oxygen atoms in total. The molecule has 4 fully saturated rings. The Hall–Kier alpha value is -3.97. The number of benzene rings is 2. The Kier molecular flexibility index (Phi) is 9.18. The summed E-state index contributed by atoms with van der Waals surface area (Å²) in [5.41, 5.74) is 0.125. The molecule has 5 aliphatic rings. The number of sulfonamides is 1. The first-order chi connectivity index (χ1) is 24.2. The van der Waals surface area contributed by atoms with E-state index in [2.05, 4.69) is 51.1 Å². The molecule has 3 N–H and O–H groups in total. The van der Waals surface area contributed by atoms with Crippen molar-refractivity contribution in [1.29, 1.82) is 0 Å². The Labute approximate surface area is 299 Å². The number of likely N-dealkylation sites (tertiary alicyclic amines) is 1. The van der Waals surface area contributed by atoms with Crippen molar-refractivity contribution >= 4 is 44.6 Å². The van der Waals surface area contributed by atoms with Gasteiger partial charge in [0.15, 0.2) is 0 Å². The van der Waals surface area contributed by atoms with Crippen LogP contribution in [-0.2, 0) is 42.2 Å². The number of nitrogens with zero attached hydrogens (tertiary/aromatic N) is 2. The second kappa shape index (κ2) is 13.2. The molecule has 2 aromatic rings. The molecular formula is C38H49N5O7S. The molecule has 51 heavy (non-hydrogen) atoms. The Balaban J connectivity index is 1.16. The normalized spacial score (nSPS) is 27.1. The molecule has 274 valence electrons. The summed E-state index contributed by atoms with van der Waals surface area (Å²) in [5.74, 6) is -2.22. The quantitative estimate of drug-likeness (QED) is 0.313. The predicted molar refractivity (Wildman–Crippen MR) is 191 cm³/mol. The fraction of sp³-hybridized carbons (Fsp3) is 0.579. The first kappa shape index (κ1) is 35.4. The number of alkyl carbamates (subject to hydrolysis) is 1. The van der Waals surface area contributed by atoms with Crippen LogP contribution < -0.4 is 15.4 Å². The summed E-state index contributed by atoms with van der Waals surface area (Å²) in [5, 5.41) is 7.51. The van der Waals surface area contributed by atoms with Crippen LogP contribution in [0.4, 0.5) is 4.79 Å². The summed E-state index contributed by atoms with van der Waals surface area (Å²) in [6.07, 6.45) is 5.70. The van der Waals surface area contributed by atoms with Crippen molar-refractivity contribution in [3.63, 3.8) is 0 Å². The van der Waals surface area contributed by atoms with Crippen LogP contribution in [0.15, 0.2) is 49.1 Å². The number of carbonyl (C=O) groups excluding carboxylic acids is 4. The van der Waals surface area contributed by atoms with Crippen molar-refractivity contribution in [2.75, 3.05) is 6.54 Å². The maximum absolute atomic E-state index is 14.6. The minimum Gasteiger partial charge on any atom is -0.446 e. The Morgan fingerprint density at radius 2 is 1.65 bits per heavy atom. The van der Waals surface area contributed by atoms with Crippen molar-refractivity contribution in [2.24, 2.45) is 11.3 Å². The molecule has 2 aliphatic heterocycles. The minimum absolute atomic E-state index is 0.191. The molecule has 3 aliphatic carbocycles. The van der Waals surface area contributed by atoms with E-state index < -0.39 is 68.0 Å². The lowest BCUT2D eigenvalue weighted by molar-refractivity contribution is -0.142. The third kappa shape index (κ3) is 6.98. The Morgan fingerprint density at radius 1 is 1.00 bits per heavy atom. The highest BCUT2D eigenvalue weighted by Crippen LogP contribution is 2.46. The molecule has 0 spiro atoms. The third-order valence-electron chi connectivity index (χ3n) is 11.4. The second-order valence-electron chi connectivity index (χ2n) is 16.2. The Bertz CT molecular complexity index is 1820. The number of rotatable bonds is 10. The van der Waals surface area contributed by atoms with E-state index in [0.717, 1.165) is 25.7 Å². The lowest BCUT2D eigenvalue weighted by atomic mass is 9.85. The molecule has 4 amide bonds. The van der Waals surface area contributed by atoms with Gasteiger partial charge in [0.05, 0.1) is 5.25 Å². The second-order valence-corrected chi connectivity index (χ2v) is 18.1. The van der Waals surface area contributed by atoms with Crippen LogP contribution in [-0.4, -0.2) is 83.6 Å². The highest BCUT2D eigenvalue weighted by Gasteiger charge is 2.62. The average molecular weight is 720 g/mol. The van der Waals surface area contributed by atoms with Crippen LogP contribution >= 0.6 is 0 Å². The molecule has 0 aromatic heterocycles. The number of carbonyl (C=O) groups is 4. The zero-order valence-electron chi connectivity index (χ0n) is 29.7. The molecule has 0 radical (unpaired) electrons. The van der Waals surface area contributed by atoms with Crippen molar-refractivity contribution in [1.82, 2.24) is 25.2 Å². The van der Waals surface area contributed by atoms with Crippen molar-refractivity contribution < 1.29 is 32.3 Å². The van der Waals surface area contributed by atoms with Crippen LogP contribution in [0.5, 0.6) is 0 Å². The van der Waals surface area contributed by atoms with E-state index in [-0.39, 0.29) is 31.5 Å². The van der Waals surface area contributed by atoms with Gasteiger partial charge < -0.3 is 20.3 Å². The number of hydrogen-bond acceptors (Lipinski definition) is 8. The van der Waals surface area contributed by atoms with Gasteiger partial charge in [-0.1, -0.05) is 63.2 Å². The largest absolute Gasteiger partial charge is 0.446 e. The molecule has 7 rings (SSSR count). The van der Waals surface area contributed by atoms with Gasteiger partial charge in [0.25, 0.3) is 5.91 Å². The van der Waals surface area contributed by atoms with Crippen LogP contribution in [0.3, 0.4) is 0 Å². The molecule has 2 aromatic carbocycles. The van der Waals surface area contributed by atoms with Crippen LogP contribution in [0.1, 0.15) is 83.3 Å². The topological polar surface area (TPSA) is 154 Å². The molecule has 0 bridgehead atoms. The number of amides is 4. The van der Waals surface area contributed by atoms with Gasteiger partial charge in [-0.15, -0.1) is 6.58 Å². The van der Waals surface area contributed by atoms with Gasteiger partial charge in [0.2, 0.25) is 21.8 Å². The standard InChI is InChI=1S/C38H49N5O7S/c1-5-26-19-38(26,35(46)41-51(48,49)29-16-17-29)40-33(44)30-18-27(42-20-24-12-8-10-23-11-9-13-25(21-42)31(23)24)22-43(30)34(45)32(37(2,3)4)39-36(47)50-28-14-6-7-15-28/h5,8-13,26-30,32H,1,6-7,14-22H2,2-4H3,(H,39,47)(H,40,44)(H,41,46)/t26-,27-,30+,32-,38-/m1/s1. The van der Waals surface area contributed by atoms with E-state index in [1.54, 1.807) is 6.08 Å². The fourth-order valence-electron chi connectivity index (χ4n) is 8.23. The number of nitrogens with one attached hydrogen (secondary N) is 3. The highest BCUT2D eigenvalue weighted by molar-refractivity contribution is 7.91. The van der Waals surface area contributed by atoms with Crippen LogP contribution in [0.2, 0.25) is 0 Å². The van der Waals surface area contributed by atoms with Gasteiger partial charge in [-0.25, -0.2) is 13.2 Å². The summed E-state index contributed by atoms with van der Waals surface area (Å²) in [4.78, 5) is 59.5. The minimum atomic E-state index is -3.86. The average Bonchev–Trinajstić information content (AvgIpc) is 3.96. The maximum atomic E-state index is 14.6. The van der Waals surface area contributed by atoms with Crippen LogP contribution in [0, 0.1) is 11.3 Å². The Morgan fingerprint density at radius 3 is 2.22 bits per heavy atom. The fourth-order valence-corrected chi connectivity index (χ4v) is 9.59. The first-order valence-electron chi connectivity index (χ1n) is 18.2. The zero-order chi connectivity index (χ0) is 36.3. The van der Waals surface area contributed by atoms with Gasteiger partial charge in [-0.3, -0.25) is 24.0 Å². The molecule has 0 unspecified atom stereocenters.